The molecule has 2 aliphatic rings. The number of hydrogen-bond acceptors (Lipinski definition) is 2. The van der Waals surface area contributed by atoms with Crippen LogP contribution in [0.3, 0.4) is 0 Å². The normalized spacial score (nSPS) is 17.1. The number of benzene rings is 1. The molecule has 3 nitrogen and oxygen atoms in total. The van der Waals surface area contributed by atoms with Crippen molar-refractivity contribution in [1.82, 2.24) is 10.2 Å². The van der Waals surface area contributed by atoms with Gasteiger partial charge in [-0.3, -0.25) is 4.79 Å². The minimum atomic E-state index is 0. The minimum Gasteiger partial charge on any atom is -0.337 e. The summed E-state index contributed by atoms with van der Waals surface area (Å²) in [6.07, 6.45) is 3.42. The molecule has 1 heterocycles. The van der Waals surface area contributed by atoms with E-state index in [1.54, 1.807) is 6.07 Å². The first-order valence-electron chi connectivity index (χ1n) is 7.09. The summed E-state index contributed by atoms with van der Waals surface area (Å²) in [4.78, 5) is 14.1. The molecule has 1 amide bonds. The second kappa shape index (κ2) is 7.19. The standard InChI is InChI=1S/C15H18Cl2N2O.ClH/c16-12-5-11-3-4-19(9-13(11)14(17)6-12)15(20)8-18-7-10-1-2-10;/h5-6,10,18H,1-4,7-9H2;1H. The third-order valence-electron chi connectivity index (χ3n) is 4.01. The van der Waals surface area contributed by atoms with Gasteiger partial charge in [0.25, 0.3) is 0 Å². The minimum absolute atomic E-state index is 0. The topological polar surface area (TPSA) is 32.3 Å². The highest BCUT2D eigenvalue weighted by Crippen LogP contribution is 2.30. The van der Waals surface area contributed by atoms with Gasteiger partial charge in [0.15, 0.2) is 0 Å². The first-order chi connectivity index (χ1) is 9.63. The van der Waals surface area contributed by atoms with Crippen molar-refractivity contribution in [3.8, 4) is 0 Å². The summed E-state index contributed by atoms with van der Waals surface area (Å²) < 4.78 is 0. The first-order valence-corrected chi connectivity index (χ1v) is 7.84. The van der Waals surface area contributed by atoms with Gasteiger partial charge in [0.05, 0.1) is 6.54 Å². The van der Waals surface area contributed by atoms with Crippen LogP contribution in [0, 0.1) is 5.92 Å². The zero-order chi connectivity index (χ0) is 14.1. The fraction of sp³-hybridized carbons (Fsp3) is 0.533. The third kappa shape index (κ3) is 4.26. The van der Waals surface area contributed by atoms with Gasteiger partial charge >= 0.3 is 0 Å². The lowest BCUT2D eigenvalue weighted by atomic mass is 9.99. The van der Waals surface area contributed by atoms with E-state index in [4.69, 9.17) is 23.2 Å². The van der Waals surface area contributed by atoms with E-state index in [-0.39, 0.29) is 18.3 Å². The molecule has 0 spiro atoms. The van der Waals surface area contributed by atoms with Crippen LogP contribution in [0.2, 0.25) is 10.0 Å². The van der Waals surface area contributed by atoms with Crippen LogP contribution in [0.15, 0.2) is 12.1 Å². The van der Waals surface area contributed by atoms with Gasteiger partial charge in [0, 0.05) is 23.1 Å². The summed E-state index contributed by atoms with van der Waals surface area (Å²) in [6, 6.07) is 3.71. The summed E-state index contributed by atoms with van der Waals surface area (Å²) in [6.45, 7) is 2.73. The molecule has 0 aromatic heterocycles. The number of hydrogen-bond donors (Lipinski definition) is 1. The first kappa shape index (κ1) is 16.9. The fourth-order valence-electron chi connectivity index (χ4n) is 2.61. The highest BCUT2D eigenvalue weighted by atomic mass is 35.5. The Morgan fingerprint density at radius 2 is 2.10 bits per heavy atom. The molecule has 1 fully saturated rings. The molecule has 21 heavy (non-hydrogen) atoms. The molecule has 1 aromatic rings. The lowest BCUT2D eigenvalue weighted by molar-refractivity contribution is -0.131. The molecule has 1 aliphatic carbocycles. The number of nitrogens with zero attached hydrogens (tertiary/aromatic N) is 1. The van der Waals surface area contributed by atoms with Crippen molar-refractivity contribution in [2.75, 3.05) is 19.6 Å². The van der Waals surface area contributed by atoms with E-state index in [0.29, 0.717) is 23.1 Å². The number of amides is 1. The number of carbonyl (C=O) groups excluding carboxylic acids is 1. The van der Waals surface area contributed by atoms with Crippen LogP contribution in [0.5, 0.6) is 0 Å². The Morgan fingerprint density at radius 3 is 2.81 bits per heavy atom. The smallest absolute Gasteiger partial charge is 0.236 e. The fourth-order valence-corrected chi connectivity index (χ4v) is 3.21. The molecule has 1 aromatic carbocycles. The van der Waals surface area contributed by atoms with E-state index >= 15 is 0 Å². The van der Waals surface area contributed by atoms with Crippen molar-refractivity contribution in [3.05, 3.63) is 33.3 Å². The van der Waals surface area contributed by atoms with Gasteiger partial charge in [-0.05, 0) is 55.0 Å². The van der Waals surface area contributed by atoms with E-state index in [1.807, 2.05) is 11.0 Å². The van der Waals surface area contributed by atoms with Crippen molar-refractivity contribution >= 4 is 41.5 Å². The second-order valence-corrected chi connectivity index (χ2v) is 6.51. The molecule has 0 radical (unpaired) electrons. The van der Waals surface area contributed by atoms with Gasteiger partial charge in [-0.25, -0.2) is 0 Å². The summed E-state index contributed by atoms with van der Waals surface area (Å²) in [7, 11) is 0. The van der Waals surface area contributed by atoms with Crippen LogP contribution in [0.4, 0.5) is 0 Å². The molecule has 0 saturated heterocycles. The highest BCUT2D eigenvalue weighted by Gasteiger charge is 2.24. The van der Waals surface area contributed by atoms with Crippen molar-refractivity contribution in [2.24, 2.45) is 5.92 Å². The molecule has 1 N–H and O–H groups in total. The number of fused-ring (bicyclic) bond motifs is 1. The number of carbonyl (C=O) groups is 1. The van der Waals surface area contributed by atoms with Crippen molar-refractivity contribution in [3.63, 3.8) is 0 Å². The average molecular weight is 350 g/mol. The monoisotopic (exact) mass is 348 g/mol. The summed E-state index contributed by atoms with van der Waals surface area (Å²) in [5, 5.41) is 4.58. The average Bonchev–Trinajstić information content (AvgIpc) is 3.22. The Hall–Kier alpha value is -0.480. The SMILES string of the molecule is Cl.O=C(CNCC1CC1)N1CCc2cc(Cl)cc(Cl)c2C1. The Labute approximate surface area is 141 Å². The zero-order valence-electron chi connectivity index (χ0n) is 11.7. The van der Waals surface area contributed by atoms with Gasteiger partial charge in [-0.2, -0.15) is 0 Å². The number of nitrogens with one attached hydrogen (secondary N) is 1. The van der Waals surface area contributed by atoms with E-state index in [1.165, 1.54) is 12.8 Å². The van der Waals surface area contributed by atoms with E-state index < -0.39 is 0 Å². The molecular formula is C15H19Cl3N2O. The lowest BCUT2D eigenvalue weighted by Gasteiger charge is -2.30. The predicted molar refractivity (Wildman–Crippen MR) is 88.4 cm³/mol. The molecule has 0 unspecified atom stereocenters. The molecule has 116 valence electrons. The maximum absolute atomic E-state index is 12.2. The molecule has 0 bridgehead atoms. The highest BCUT2D eigenvalue weighted by molar-refractivity contribution is 6.35. The summed E-state index contributed by atoms with van der Waals surface area (Å²) >= 11 is 12.2. The molecule has 1 aliphatic heterocycles. The van der Waals surface area contributed by atoms with Crippen LogP contribution < -0.4 is 5.32 Å². The lowest BCUT2D eigenvalue weighted by Crippen LogP contribution is -2.41. The molecule has 1 saturated carbocycles. The number of halogens is 3. The maximum atomic E-state index is 12.2. The number of rotatable bonds is 4. The van der Waals surface area contributed by atoms with Gasteiger partial charge in [0.2, 0.25) is 5.91 Å². The Kier molecular flexibility index (Phi) is 5.78. The van der Waals surface area contributed by atoms with E-state index in [2.05, 4.69) is 5.32 Å². The predicted octanol–water partition coefficient (Wildman–Crippen LogP) is 3.30. The van der Waals surface area contributed by atoms with Crippen LogP contribution in [0.1, 0.15) is 24.0 Å². The second-order valence-electron chi connectivity index (χ2n) is 5.66. The van der Waals surface area contributed by atoms with Gasteiger partial charge in [0.1, 0.15) is 0 Å². The third-order valence-corrected chi connectivity index (χ3v) is 4.57. The zero-order valence-corrected chi connectivity index (χ0v) is 14.0. The molecule has 0 atom stereocenters. The van der Waals surface area contributed by atoms with Crippen LogP contribution in [-0.2, 0) is 17.8 Å². The van der Waals surface area contributed by atoms with Crippen molar-refractivity contribution in [2.45, 2.75) is 25.8 Å². The molecular weight excluding hydrogens is 331 g/mol. The van der Waals surface area contributed by atoms with Crippen LogP contribution in [-0.4, -0.2) is 30.4 Å². The van der Waals surface area contributed by atoms with Gasteiger partial charge in [-0.15, -0.1) is 12.4 Å². The Morgan fingerprint density at radius 1 is 1.33 bits per heavy atom. The maximum Gasteiger partial charge on any atom is 0.236 e. The Balaban J connectivity index is 0.00000161. The van der Waals surface area contributed by atoms with Crippen LogP contribution in [0.25, 0.3) is 0 Å². The molecule has 3 rings (SSSR count). The van der Waals surface area contributed by atoms with E-state index in [0.717, 1.165) is 36.6 Å². The Bertz CT molecular complexity index is 532. The van der Waals surface area contributed by atoms with Crippen LogP contribution >= 0.6 is 35.6 Å². The van der Waals surface area contributed by atoms with Crippen molar-refractivity contribution in [1.29, 1.82) is 0 Å². The summed E-state index contributed by atoms with van der Waals surface area (Å²) in [5.74, 6) is 0.948. The quantitative estimate of drug-likeness (QED) is 0.904. The van der Waals surface area contributed by atoms with Crippen molar-refractivity contribution < 1.29 is 4.79 Å². The van der Waals surface area contributed by atoms with Gasteiger partial charge in [-0.1, -0.05) is 23.2 Å². The van der Waals surface area contributed by atoms with Gasteiger partial charge < -0.3 is 10.2 Å². The largest absolute Gasteiger partial charge is 0.337 e. The van der Waals surface area contributed by atoms with E-state index in [9.17, 15) is 4.79 Å². The molecule has 6 heteroatoms. The summed E-state index contributed by atoms with van der Waals surface area (Å²) in [5.41, 5.74) is 2.20.